The highest BCUT2D eigenvalue weighted by Gasteiger charge is 2.24. The maximum atomic E-state index is 11.9. The molecule has 98 valence electrons. The maximum Gasteiger partial charge on any atom is 0.257 e. The number of amidine groups is 1. The Morgan fingerprint density at radius 1 is 1.42 bits per heavy atom. The first-order valence-corrected chi connectivity index (χ1v) is 6.93. The third kappa shape index (κ3) is 2.76. The molecule has 1 atom stereocenters. The fourth-order valence-corrected chi connectivity index (χ4v) is 2.62. The summed E-state index contributed by atoms with van der Waals surface area (Å²) < 4.78 is 5.73. The number of carbonyl (C=O) groups excluding carboxylic acids is 1. The van der Waals surface area contributed by atoms with Crippen molar-refractivity contribution in [1.82, 2.24) is 5.32 Å². The Kier molecular flexibility index (Phi) is 3.45. The number of nitrogens with one attached hydrogen (secondary N) is 1. The van der Waals surface area contributed by atoms with Crippen LogP contribution in [0.3, 0.4) is 0 Å². The van der Waals surface area contributed by atoms with Gasteiger partial charge < -0.3 is 10.1 Å². The Morgan fingerprint density at radius 2 is 2.32 bits per heavy atom. The number of thioether (sulfide) groups is 1. The molecule has 19 heavy (non-hydrogen) atoms. The van der Waals surface area contributed by atoms with E-state index in [0.29, 0.717) is 29.6 Å². The fourth-order valence-electron chi connectivity index (χ4n) is 1.84. The summed E-state index contributed by atoms with van der Waals surface area (Å²) in [6.45, 7) is 0.423. The predicted octanol–water partition coefficient (Wildman–Crippen LogP) is 2.04. The van der Waals surface area contributed by atoms with Gasteiger partial charge in [0.25, 0.3) is 5.91 Å². The molecular formula is C12H12N4O2S. The number of hydrogen-bond acceptors (Lipinski definition) is 6. The summed E-state index contributed by atoms with van der Waals surface area (Å²) in [5, 5.41) is 11.2. The molecule has 0 radical (unpaired) electrons. The van der Waals surface area contributed by atoms with Gasteiger partial charge in [-0.05, 0) is 12.1 Å². The van der Waals surface area contributed by atoms with Crippen LogP contribution in [0.1, 0.15) is 16.8 Å². The molecule has 7 heteroatoms. The number of hydrogen-bond donors (Lipinski definition) is 1. The topological polar surface area (TPSA) is 75.4 Å². The van der Waals surface area contributed by atoms with E-state index in [9.17, 15) is 4.79 Å². The third-order valence-corrected chi connectivity index (χ3v) is 3.64. The fraction of sp³-hybridized carbons (Fsp3) is 0.333. The second-order valence-corrected chi connectivity index (χ2v) is 5.10. The molecule has 0 saturated heterocycles. The van der Waals surface area contributed by atoms with Gasteiger partial charge in [-0.25, -0.2) is 4.99 Å². The molecule has 2 heterocycles. The van der Waals surface area contributed by atoms with Crippen LogP contribution in [0.15, 0.2) is 39.5 Å². The highest BCUT2D eigenvalue weighted by molar-refractivity contribution is 8.13. The monoisotopic (exact) mass is 276 g/mol. The van der Waals surface area contributed by atoms with Crippen LogP contribution in [0.4, 0.5) is 0 Å². The summed E-state index contributed by atoms with van der Waals surface area (Å²) in [6, 6.07) is 7.24. The molecular weight excluding hydrogens is 264 g/mol. The van der Waals surface area contributed by atoms with Gasteiger partial charge in [0.1, 0.15) is 5.75 Å². The Bertz CT molecular complexity index is 558. The van der Waals surface area contributed by atoms with E-state index >= 15 is 0 Å². The normalized spacial score (nSPS) is 20.5. The first-order chi connectivity index (χ1) is 9.33. The summed E-state index contributed by atoms with van der Waals surface area (Å²) >= 11 is 1.52. The summed E-state index contributed by atoms with van der Waals surface area (Å²) in [5.41, 5.74) is 0.584. The van der Waals surface area contributed by atoms with Crippen LogP contribution in [-0.4, -0.2) is 29.7 Å². The van der Waals surface area contributed by atoms with Crippen molar-refractivity contribution in [2.24, 2.45) is 15.2 Å². The standard InChI is InChI=1S/C12H12N4O2S/c17-11-8-3-1-2-4-9(8)18-10(15-11)5-6-19-12-13-7-14-16-12/h1-4,10H,5-7H2,(H,15,17)/t10-/m0/s1. The van der Waals surface area contributed by atoms with Crippen molar-refractivity contribution in [3.63, 3.8) is 0 Å². The maximum absolute atomic E-state index is 11.9. The minimum Gasteiger partial charge on any atom is -0.470 e. The Hall–Kier alpha value is -1.89. The SMILES string of the molecule is O=C1N[C@H](CCSC2=NCN=N2)Oc2ccccc21. The lowest BCUT2D eigenvalue weighted by molar-refractivity contribution is 0.0752. The summed E-state index contributed by atoms with van der Waals surface area (Å²) in [6.07, 6.45) is 0.396. The molecule has 0 aromatic heterocycles. The zero-order valence-corrected chi connectivity index (χ0v) is 10.9. The van der Waals surface area contributed by atoms with Gasteiger partial charge >= 0.3 is 0 Å². The van der Waals surface area contributed by atoms with Gasteiger partial charge in [-0.15, -0.1) is 5.11 Å². The van der Waals surface area contributed by atoms with Crippen LogP contribution in [0.5, 0.6) is 5.75 Å². The van der Waals surface area contributed by atoms with Crippen LogP contribution < -0.4 is 10.1 Å². The van der Waals surface area contributed by atoms with Crippen LogP contribution in [-0.2, 0) is 0 Å². The van der Waals surface area contributed by atoms with Crippen molar-refractivity contribution in [3.05, 3.63) is 29.8 Å². The zero-order chi connectivity index (χ0) is 13.1. The molecule has 0 spiro atoms. The lowest BCUT2D eigenvalue weighted by Gasteiger charge is -2.26. The van der Waals surface area contributed by atoms with Gasteiger partial charge in [-0.2, -0.15) is 5.11 Å². The number of fused-ring (bicyclic) bond motifs is 1. The quantitative estimate of drug-likeness (QED) is 0.917. The molecule has 1 N–H and O–H groups in total. The Balaban J connectivity index is 1.56. The van der Waals surface area contributed by atoms with Gasteiger partial charge in [0.2, 0.25) is 5.17 Å². The lowest BCUT2D eigenvalue weighted by Crippen LogP contribution is -2.43. The molecule has 0 unspecified atom stereocenters. The zero-order valence-electron chi connectivity index (χ0n) is 10.1. The number of azo groups is 1. The van der Waals surface area contributed by atoms with Crippen LogP contribution in [0.2, 0.25) is 0 Å². The van der Waals surface area contributed by atoms with Crippen molar-refractivity contribution >= 4 is 22.8 Å². The Morgan fingerprint density at radius 3 is 3.16 bits per heavy atom. The second kappa shape index (κ2) is 5.40. The summed E-state index contributed by atoms with van der Waals surface area (Å²) in [4.78, 5) is 15.9. The first kappa shape index (κ1) is 12.2. The molecule has 1 aromatic carbocycles. The highest BCUT2D eigenvalue weighted by atomic mass is 32.2. The van der Waals surface area contributed by atoms with Crippen molar-refractivity contribution in [2.45, 2.75) is 12.6 Å². The lowest BCUT2D eigenvalue weighted by atomic mass is 10.1. The van der Waals surface area contributed by atoms with E-state index in [0.717, 1.165) is 5.75 Å². The van der Waals surface area contributed by atoms with Crippen LogP contribution in [0, 0.1) is 0 Å². The van der Waals surface area contributed by atoms with Gasteiger partial charge in [-0.1, -0.05) is 23.9 Å². The van der Waals surface area contributed by atoms with Gasteiger partial charge in [0, 0.05) is 12.2 Å². The number of amides is 1. The Labute approximate surface area is 114 Å². The molecule has 1 amide bonds. The first-order valence-electron chi connectivity index (χ1n) is 5.94. The van der Waals surface area contributed by atoms with Crippen molar-refractivity contribution in [1.29, 1.82) is 0 Å². The summed E-state index contributed by atoms with van der Waals surface area (Å²) in [5.74, 6) is 1.32. The van der Waals surface area contributed by atoms with E-state index < -0.39 is 0 Å². The third-order valence-electron chi connectivity index (χ3n) is 2.73. The molecule has 6 nitrogen and oxygen atoms in total. The average molecular weight is 276 g/mol. The van der Waals surface area contributed by atoms with Crippen molar-refractivity contribution < 1.29 is 9.53 Å². The minimum atomic E-state index is -0.297. The summed E-state index contributed by atoms with van der Waals surface area (Å²) in [7, 11) is 0. The van der Waals surface area contributed by atoms with Crippen LogP contribution >= 0.6 is 11.8 Å². The van der Waals surface area contributed by atoms with E-state index in [4.69, 9.17) is 4.74 Å². The average Bonchev–Trinajstić information content (AvgIpc) is 2.92. The molecule has 0 fully saturated rings. The predicted molar refractivity (Wildman–Crippen MR) is 72.6 cm³/mol. The van der Waals surface area contributed by atoms with Crippen molar-refractivity contribution in [2.75, 3.05) is 12.4 Å². The van der Waals surface area contributed by atoms with E-state index in [1.54, 1.807) is 6.07 Å². The van der Waals surface area contributed by atoms with Crippen molar-refractivity contribution in [3.8, 4) is 5.75 Å². The highest BCUT2D eigenvalue weighted by Crippen LogP contribution is 2.24. The molecule has 0 saturated carbocycles. The number of rotatable bonds is 3. The smallest absolute Gasteiger partial charge is 0.257 e. The number of para-hydroxylation sites is 1. The van der Waals surface area contributed by atoms with E-state index in [1.807, 2.05) is 18.2 Å². The molecule has 0 bridgehead atoms. The van der Waals surface area contributed by atoms with Gasteiger partial charge in [0.15, 0.2) is 12.9 Å². The van der Waals surface area contributed by atoms with Gasteiger partial charge in [0.05, 0.1) is 5.56 Å². The van der Waals surface area contributed by atoms with Crippen LogP contribution in [0.25, 0.3) is 0 Å². The number of ether oxygens (including phenoxy) is 1. The van der Waals surface area contributed by atoms with E-state index in [2.05, 4.69) is 20.5 Å². The molecule has 2 aliphatic rings. The number of aliphatic imine (C=N–C) groups is 1. The number of benzene rings is 1. The minimum absolute atomic E-state index is 0.0882. The number of carbonyl (C=O) groups is 1. The molecule has 0 aliphatic carbocycles. The largest absolute Gasteiger partial charge is 0.470 e. The van der Waals surface area contributed by atoms with E-state index in [1.165, 1.54) is 11.8 Å². The van der Waals surface area contributed by atoms with Gasteiger partial charge in [-0.3, -0.25) is 4.79 Å². The number of nitrogens with zero attached hydrogens (tertiary/aromatic N) is 3. The second-order valence-electron chi connectivity index (χ2n) is 4.04. The van der Waals surface area contributed by atoms with E-state index in [-0.39, 0.29) is 12.1 Å². The molecule has 2 aliphatic heterocycles. The molecule has 3 rings (SSSR count). The molecule has 1 aromatic rings.